The van der Waals surface area contributed by atoms with E-state index in [0.29, 0.717) is 17.7 Å². The topological polar surface area (TPSA) is 32.8 Å². The molecule has 1 unspecified atom stereocenters. The lowest BCUT2D eigenvalue weighted by molar-refractivity contribution is 0.0950. The Morgan fingerprint density at radius 3 is 1.97 bits per heavy atom. The SMILES string of the molecule is O=C(CCCN1CCN(CCC(Oc2ccc(F)cc2)c2ccccc2)CC1)c1ccc(F)cc1. The second kappa shape index (κ2) is 12.6. The van der Waals surface area contributed by atoms with Gasteiger partial charge in [-0.1, -0.05) is 30.3 Å². The summed E-state index contributed by atoms with van der Waals surface area (Å²) in [5, 5.41) is 0. The van der Waals surface area contributed by atoms with E-state index >= 15 is 0 Å². The van der Waals surface area contributed by atoms with E-state index in [4.69, 9.17) is 4.74 Å². The normalized spacial score (nSPS) is 15.6. The van der Waals surface area contributed by atoms with Gasteiger partial charge in [-0.15, -0.1) is 0 Å². The summed E-state index contributed by atoms with van der Waals surface area (Å²) >= 11 is 0. The molecule has 3 aromatic carbocycles. The third-order valence-corrected chi connectivity index (χ3v) is 6.48. The maximum absolute atomic E-state index is 13.3. The molecule has 4 rings (SSSR count). The van der Waals surface area contributed by atoms with Gasteiger partial charge >= 0.3 is 0 Å². The van der Waals surface area contributed by atoms with Crippen LogP contribution in [-0.2, 0) is 0 Å². The molecule has 0 aromatic heterocycles. The van der Waals surface area contributed by atoms with Crippen molar-refractivity contribution in [2.24, 2.45) is 0 Å². The van der Waals surface area contributed by atoms with Gasteiger partial charge < -0.3 is 14.5 Å². The lowest BCUT2D eigenvalue weighted by Crippen LogP contribution is -2.47. The number of ketones is 1. The number of rotatable bonds is 11. The highest BCUT2D eigenvalue weighted by atomic mass is 19.1. The molecule has 184 valence electrons. The van der Waals surface area contributed by atoms with Crippen molar-refractivity contribution in [2.45, 2.75) is 25.4 Å². The summed E-state index contributed by atoms with van der Waals surface area (Å²) < 4.78 is 32.5. The lowest BCUT2D eigenvalue weighted by Gasteiger charge is -2.35. The van der Waals surface area contributed by atoms with Crippen molar-refractivity contribution in [2.75, 3.05) is 39.3 Å². The zero-order chi connectivity index (χ0) is 24.5. The van der Waals surface area contributed by atoms with Gasteiger partial charge in [0, 0.05) is 51.1 Å². The lowest BCUT2D eigenvalue weighted by atomic mass is 10.1. The first-order valence-electron chi connectivity index (χ1n) is 12.3. The third-order valence-electron chi connectivity index (χ3n) is 6.48. The predicted molar refractivity (Wildman–Crippen MR) is 134 cm³/mol. The molecular weight excluding hydrogens is 446 g/mol. The van der Waals surface area contributed by atoms with E-state index in [1.807, 2.05) is 18.2 Å². The number of carbonyl (C=O) groups is 1. The van der Waals surface area contributed by atoms with Gasteiger partial charge in [-0.05, 0) is 67.1 Å². The van der Waals surface area contributed by atoms with E-state index < -0.39 is 0 Å². The minimum Gasteiger partial charge on any atom is -0.486 e. The summed E-state index contributed by atoms with van der Waals surface area (Å²) in [6.07, 6.45) is 2.02. The van der Waals surface area contributed by atoms with Gasteiger partial charge in [0.05, 0.1) is 0 Å². The van der Waals surface area contributed by atoms with Crippen LogP contribution < -0.4 is 4.74 Å². The zero-order valence-corrected chi connectivity index (χ0v) is 19.9. The number of halogens is 2. The Labute approximate surface area is 206 Å². The average Bonchev–Trinajstić information content (AvgIpc) is 2.89. The first kappa shape index (κ1) is 25.0. The van der Waals surface area contributed by atoms with E-state index in [2.05, 4.69) is 21.9 Å². The molecular formula is C29H32F2N2O2. The monoisotopic (exact) mass is 478 g/mol. The van der Waals surface area contributed by atoms with Crippen molar-refractivity contribution in [1.29, 1.82) is 0 Å². The number of Topliss-reactive ketones (excluding diaryl/α,β-unsaturated/α-hetero) is 1. The molecule has 0 saturated carbocycles. The van der Waals surface area contributed by atoms with Gasteiger partial charge in [-0.2, -0.15) is 0 Å². The minimum atomic E-state index is -0.323. The second-order valence-electron chi connectivity index (χ2n) is 8.98. The smallest absolute Gasteiger partial charge is 0.162 e. The fourth-order valence-corrected chi connectivity index (χ4v) is 4.42. The van der Waals surface area contributed by atoms with Crippen LogP contribution >= 0.6 is 0 Å². The van der Waals surface area contributed by atoms with Gasteiger partial charge in [0.25, 0.3) is 0 Å². The molecule has 4 nitrogen and oxygen atoms in total. The van der Waals surface area contributed by atoms with Crippen LogP contribution in [0.15, 0.2) is 78.9 Å². The van der Waals surface area contributed by atoms with Crippen molar-refractivity contribution in [3.8, 4) is 5.75 Å². The zero-order valence-electron chi connectivity index (χ0n) is 19.9. The van der Waals surface area contributed by atoms with Gasteiger partial charge in [0.15, 0.2) is 5.78 Å². The largest absolute Gasteiger partial charge is 0.486 e. The fourth-order valence-electron chi connectivity index (χ4n) is 4.42. The summed E-state index contributed by atoms with van der Waals surface area (Å²) in [5.74, 6) is 0.139. The number of ether oxygens (including phenoxy) is 1. The predicted octanol–water partition coefficient (Wildman–Crippen LogP) is 5.76. The highest BCUT2D eigenvalue weighted by Gasteiger charge is 2.20. The molecule has 1 aliphatic heterocycles. The Balaban J connectivity index is 1.21. The van der Waals surface area contributed by atoms with Gasteiger partial charge in [-0.25, -0.2) is 8.78 Å². The van der Waals surface area contributed by atoms with Crippen molar-refractivity contribution in [3.05, 3.63) is 102 Å². The summed E-state index contributed by atoms with van der Waals surface area (Å²) in [7, 11) is 0. The maximum Gasteiger partial charge on any atom is 0.162 e. The fraction of sp³-hybridized carbons (Fsp3) is 0.345. The molecule has 0 N–H and O–H groups in total. The van der Waals surface area contributed by atoms with E-state index in [-0.39, 0.29) is 23.5 Å². The van der Waals surface area contributed by atoms with E-state index in [9.17, 15) is 13.6 Å². The molecule has 35 heavy (non-hydrogen) atoms. The third kappa shape index (κ3) is 7.70. The first-order chi connectivity index (χ1) is 17.1. The Morgan fingerprint density at radius 1 is 0.771 bits per heavy atom. The van der Waals surface area contributed by atoms with Crippen LogP contribution in [0.2, 0.25) is 0 Å². The van der Waals surface area contributed by atoms with Crippen molar-refractivity contribution >= 4 is 5.78 Å². The summed E-state index contributed by atoms with van der Waals surface area (Å²) in [6.45, 7) is 5.70. The highest BCUT2D eigenvalue weighted by molar-refractivity contribution is 5.95. The number of nitrogens with zero attached hydrogens (tertiary/aromatic N) is 2. The van der Waals surface area contributed by atoms with Crippen molar-refractivity contribution < 1.29 is 18.3 Å². The number of carbonyl (C=O) groups excluding carboxylic acids is 1. The van der Waals surface area contributed by atoms with Crippen LogP contribution in [0.1, 0.15) is 41.3 Å². The Bertz CT molecular complexity index is 1050. The molecule has 0 amide bonds. The average molecular weight is 479 g/mol. The van der Waals surface area contributed by atoms with Gasteiger partial charge in [0.1, 0.15) is 23.5 Å². The van der Waals surface area contributed by atoms with E-state index in [0.717, 1.165) is 57.7 Å². The number of hydrogen-bond acceptors (Lipinski definition) is 4. The number of piperazine rings is 1. The molecule has 0 aliphatic carbocycles. The Kier molecular flexibility index (Phi) is 8.98. The molecule has 0 bridgehead atoms. The highest BCUT2D eigenvalue weighted by Crippen LogP contribution is 2.25. The maximum atomic E-state index is 13.3. The number of benzene rings is 3. The van der Waals surface area contributed by atoms with Crippen LogP contribution in [0.25, 0.3) is 0 Å². The summed E-state index contributed by atoms with van der Waals surface area (Å²) in [6, 6.07) is 22.1. The molecule has 3 aromatic rings. The first-order valence-corrected chi connectivity index (χ1v) is 12.3. The van der Waals surface area contributed by atoms with Crippen LogP contribution in [0.3, 0.4) is 0 Å². The minimum absolute atomic E-state index is 0.0664. The molecule has 1 saturated heterocycles. The summed E-state index contributed by atoms with van der Waals surface area (Å²) in [5.41, 5.74) is 1.69. The van der Waals surface area contributed by atoms with Crippen molar-refractivity contribution in [3.63, 3.8) is 0 Å². The number of hydrogen-bond donors (Lipinski definition) is 0. The summed E-state index contributed by atoms with van der Waals surface area (Å²) in [4.78, 5) is 17.1. The molecule has 1 heterocycles. The van der Waals surface area contributed by atoms with Crippen LogP contribution in [-0.4, -0.2) is 54.9 Å². The Morgan fingerprint density at radius 2 is 1.34 bits per heavy atom. The van der Waals surface area contributed by atoms with E-state index in [1.54, 1.807) is 24.3 Å². The molecule has 1 atom stereocenters. The van der Waals surface area contributed by atoms with Crippen LogP contribution in [0.4, 0.5) is 8.78 Å². The van der Waals surface area contributed by atoms with Crippen molar-refractivity contribution in [1.82, 2.24) is 9.80 Å². The second-order valence-corrected chi connectivity index (χ2v) is 8.98. The molecule has 6 heteroatoms. The van der Waals surface area contributed by atoms with Gasteiger partial charge in [-0.3, -0.25) is 4.79 Å². The van der Waals surface area contributed by atoms with Crippen LogP contribution in [0, 0.1) is 11.6 Å². The Hall–Kier alpha value is -3.09. The van der Waals surface area contributed by atoms with E-state index in [1.165, 1.54) is 24.3 Å². The molecule has 1 aliphatic rings. The quantitative estimate of drug-likeness (QED) is 0.328. The molecule has 0 spiro atoms. The molecule has 0 radical (unpaired) electrons. The van der Waals surface area contributed by atoms with Gasteiger partial charge in [0.2, 0.25) is 0 Å². The molecule has 1 fully saturated rings. The van der Waals surface area contributed by atoms with Crippen LogP contribution in [0.5, 0.6) is 5.75 Å². The standard InChI is InChI=1S/C29H32F2N2O2/c30-25-10-8-23(9-11-25)28(34)7-4-17-32-19-21-33(22-20-32)18-16-29(24-5-2-1-3-6-24)35-27-14-12-26(31)13-15-27/h1-3,5-6,8-15,29H,4,7,16-22H2.